The maximum atomic E-state index is 13.6. The minimum Gasteiger partial charge on any atom is -0.379 e. The molecule has 0 aliphatic rings. The monoisotopic (exact) mass is 568 g/mol. The first kappa shape index (κ1) is 32.9. The van der Waals surface area contributed by atoms with Gasteiger partial charge in [-0.05, 0) is 6.42 Å². The molecule has 0 bridgehead atoms. The summed E-state index contributed by atoms with van der Waals surface area (Å²) in [6.07, 6.45) is -11.7. The molecule has 21 heteroatoms. The second-order valence-electron chi connectivity index (χ2n) is 6.38. The molecular weight excluding hydrogens is 555 g/mol. The van der Waals surface area contributed by atoms with Crippen molar-refractivity contribution in [2.24, 2.45) is 0 Å². The van der Waals surface area contributed by atoms with Gasteiger partial charge in [-0.1, -0.05) is 0 Å². The molecule has 0 N–H and O–H groups in total. The van der Waals surface area contributed by atoms with Gasteiger partial charge in [-0.25, -0.2) is 0 Å². The van der Waals surface area contributed by atoms with E-state index in [0.29, 0.717) is 0 Å². The molecular formula is C13H13F17O3Si. The molecule has 3 nitrogen and oxygen atoms in total. The number of hydrogen-bond acceptors (Lipinski definition) is 3. The van der Waals surface area contributed by atoms with Crippen LogP contribution in [-0.4, -0.2) is 78.0 Å². The minimum absolute atomic E-state index is 0.962. The molecule has 206 valence electrons. The van der Waals surface area contributed by atoms with Crippen LogP contribution < -0.4 is 0 Å². The molecule has 0 unspecified atom stereocenters. The van der Waals surface area contributed by atoms with E-state index in [1.807, 2.05) is 0 Å². The Bertz CT molecular complexity index is 674. The van der Waals surface area contributed by atoms with Crippen LogP contribution in [0.5, 0.6) is 0 Å². The predicted octanol–water partition coefficient (Wildman–Crippen LogP) is 5.80. The molecule has 34 heavy (non-hydrogen) atoms. The van der Waals surface area contributed by atoms with E-state index in [1.165, 1.54) is 0 Å². The summed E-state index contributed by atoms with van der Waals surface area (Å²) in [4.78, 5) is 0. The summed E-state index contributed by atoms with van der Waals surface area (Å²) in [5.74, 6) is -56.2. The van der Waals surface area contributed by atoms with E-state index in [9.17, 15) is 74.6 Å². The van der Waals surface area contributed by atoms with Gasteiger partial charge in [-0.15, -0.1) is 0 Å². The fraction of sp³-hybridized carbons (Fsp3) is 1.00. The average Bonchev–Trinajstić information content (AvgIpc) is 2.66. The van der Waals surface area contributed by atoms with Crippen molar-refractivity contribution in [3.05, 3.63) is 0 Å². The fourth-order valence-corrected chi connectivity index (χ4v) is 2.88. The number of hydrogen-bond donors (Lipinski definition) is 0. The Morgan fingerprint density at radius 2 is 0.824 bits per heavy atom. The predicted molar refractivity (Wildman–Crippen MR) is 77.0 cm³/mol. The van der Waals surface area contributed by atoms with Gasteiger partial charge in [0, 0.05) is 27.2 Å². The van der Waals surface area contributed by atoms with E-state index in [2.05, 4.69) is 13.3 Å². The lowest BCUT2D eigenvalue weighted by Crippen LogP contribution is -2.74. The lowest BCUT2D eigenvalue weighted by atomic mass is 9.88. The van der Waals surface area contributed by atoms with Gasteiger partial charge >= 0.3 is 57.2 Å². The van der Waals surface area contributed by atoms with Crippen LogP contribution >= 0.6 is 0 Å². The topological polar surface area (TPSA) is 27.7 Å². The highest BCUT2D eigenvalue weighted by atomic mass is 28.3. The Hall–Kier alpha value is -1.09. The van der Waals surface area contributed by atoms with Crippen LogP contribution in [0.2, 0.25) is 0 Å². The smallest absolute Gasteiger partial charge is 0.379 e. The summed E-state index contributed by atoms with van der Waals surface area (Å²) in [5.41, 5.74) is 0. The zero-order chi connectivity index (χ0) is 27.8. The van der Waals surface area contributed by atoms with Gasteiger partial charge in [0.1, 0.15) is 0 Å². The molecule has 0 amide bonds. The van der Waals surface area contributed by atoms with Crippen LogP contribution in [0.15, 0.2) is 0 Å². The molecule has 0 aliphatic carbocycles. The fourth-order valence-electron chi connectivity index (χ4n) is 2.06. The highest BCUT2D eigenvalue weighted by Gasteiger charge is 2.95. The molecule has 0 aliphatic heterocycles. The zero-order valence-corrected chi connectivity index (χ0v) is 17.5. The molecule has 0 rings (SSSR count). The molecule has 0 saturated carbocycles. The first-order valence-corrected chi connectivity index (χ1v) is 9.54. The lowest BCUT2D eigenvalue weighted by Gasteiger charge is -2.42. The van der Waals surface area contributed by atoms with Crippen molar-refractivity contribution in [1.82, 2.24) is 0 Å². The van der Waals surface area contributed by atoms with Crippen LogP contribution in [0.4, 0.5) is 74.6 Å². The van der Waals surface area contributed by atoms with Gasteiger partial charge in [0.15, 0.2) is 0 Å². The van der Waals surface area contributed by atoms with Crippen LogP contribution in [0.1, 0.15) is 12.8 Å². The Labute approximate surface area is 180 Å². The summed E-state index contributed by atoms with van der Waals surface area (Å²) >= 11 is 0. The summed E-state index contributed by atoms with van der Waals surface area (Å²) in [5, 5.41) is 0. The van der Waals surface area contributed by atoms with Crippen LogP contribution in [-0.2, 0) is 13.3 Å². The molecule has 0 aromatic rings. The van der Waals surface area contributed by atoms with E-state index in [-0.39, 0.29) is 0 Å². The van der Waals surface area contributed by atoms with Gasteiger partial charge in [-0.2, -0.15) is 74.6 Å². The van der Waals surface area contributed by atoms with Crippen molar-refractivity contribution in [2.75, 3.05) is 20.8 Å². The van der Waals surface area contributed by atoms with E-state index in [1.54, 1.807) is 0 Å². The Morgan fingerprint density at radius 3 is 1.15 bits per heavy atom. The van der Waals surface area contributed by atoms with Gasteiger partial charge < -0.3 is 13.3 Å². The number of halogens is 17. The van der Waals surface area contributed by atoms with Crippen molar-refractivity contribution in [1.29, 1.82) is 0 Å². The number of rotatable bonds is 13. The highest BCUT2D eigenvalue weighted by molar-refractivity contribution is 6.36. The molecule has 0 atom stereocenters. The van der Waals surface area contributed by atoms with Gasteiger partial charge in [0.25, 0.3) is 0 Å². The third-order valence-corrected chi connectivity index (χ3v) is 5.34. The molecule has 0 radical (unpaired) electrons. The molecule has 0 fully saturated rings. The number of alkyl halides is 17. The third-order valence-electron chi connectivity index (χ3n) is 4.06. The third kappa shape index (κ3) is 5.06. The van der Waals surface area contributed by atoms with Crippen molar-refractivity contribution < 1.29 is 87.9 Å². The first-order valence-electron chi connectivity index (χ1n) is 8.13. The van der Waals surface area contributed by atoms with Crippen molar-refractivity contribution >= 4 is 9.53 Å². The standard InChI is InChI=1S/C13H13F17O3Si/c1-31-34(32-2)33-5-3-4-6(14,15)7(16,17)8(18,19)9(20,21)10(22,23)11(24,25)12(26,27)13(28,29)30/h34H,3-5H2,1-2H3. The normalized spacial score (nSPS) is 15.9. The quantitative estimate of drug-likeness (QED) is 0.160. The van der Waals surface area contributed by atoms with Gasteiger partial charge in [0.2, 0.25) is 0 Å². The molecule has 0 aromatic heterocycles. The van der Waals surface area contributed by atoms with Crippen LogP contribution in [0.25, 0.3) is 0 Å². The molecule has 0 spiro atoms. The Kier molecular flexibility index (Phi) is 9.44. The SMILES string of the molecule is CO[SiH](OC)OCCCC(F)(F)C(F)(F)C(F)(F)C(F)(F)C(F)(F)C(F)(F)C(F)(F)C(F)(F)F. The maximum Gasteiger partial charge on any atom is 0.483 e. The van der Waals surface area contributed by atoms with E-state index in [0.717, 1.165) is 14.2 Å². The average molecular weight is 568 g/mol. The first-order chi connectivity index (χ1) is 14.7. The summed E-state index contributed by atoms with van der Waals surface area (Å²) in [6.45, 7) is -1.04. The second-order valence-corrected chi connectivity index (χ2v) is 8.24. The molecule has 0 saturated heterocycles. The highest BCUT2D eigenvalue weighted by Crippen LogP contribution is 2.64. The van der Waals surface area contributed by atoms with Gasteiger partial charge in [-0.3, -0.25) is 0 Å². The van der Waals surface area contributed by atoms with E-state index >= 15 is 0 Å². The summed E-state index contributed by atoms with van der Waals surface area (Å²) in [6, 6.07) is 0. The second kappa shape index (κ2) is 9.75. The van der Waals surface area contributed by atoms with Crippen molar-refractivity contribution in [3.8, 4) is 0 Å². The minimum atomic E-state index is -8.62. The summed E-state index contributed by atoms with van der Waals surface area (Å²) < 4.78 is 236. The summed E-state index contributed by atoms with van der Waals surface area (Å²) in [7, 11) is -1.07. The molecule has 0 heterocycles. The van der Waals surface area contributed by atoms with Crippen molar-refractivity contribution in [2.45, 2.75) is 60.5 Å². The van der Waals surface area contributed by atoms with Crippen LogP contribution in [0, 0.1) is 0 Å². The largest absolute Gasteiger partial charge is 0.483 e. The van der Waals surface area contributed by atoms with Crippen molar-refractivity contribution in [3.63, 3.8) is 0 Å². The van der Waals surface area contributed by atoms with Gasteiger partial charge in [0.05, 0.1) is 0 Å². The molecule has 0 aromatic carbocycles. The Balaban J connectivity index is 6.15. The van der Waals surface area contributed by atoms with E-state index < -0.39 is 76.6 Å². The Morgan fingerprint density at radius 1 is 0.500 bits per heavy atom. The van der Waals surface area contributed by atoms with E-state index in [4.69, 9.17) is 0 Å². The zero-order valence-electron chi connectivity index (χ0n) is 16.3. The lowest BCUT2D eigenvalue weighted by molar-refractivity contribution is -0.461. The van der Waals surface area contributed by atoms with Crippen LogP contribution in [0.3, 0.4) is 0 Å². The maximum absolute atomic E-state index is 13.6.